The summed E-state index contributed by atoms with van der Waals surface area (Å²) in [5.74, 6) is 1.22. The van der Waals surface area contributed by atoms with E-state index in [4.69, 9.17) is 4.74 Å². The maximum absolute atomic E-state index is 11.3. The Kier molecular flexibility index (Phi) is 2.93. The Morgan fingerprint density at radius 1 is 1.00 bits per heavy atom. The minimum absolute atomic E-state index is 0.00112. The first-order valence-corrected chi connectivity index (χ1v) is 9.88. The zero-order chi connectivity index (χ0) is 17.1. The average molecular weight is 336 g/mol. The van der Waals surface area contributed by atoms with Crippen molar-refractivity contribution < 1.29 is 20.1 Å². The molecule has 5 fully saturated rings. The lowest BCUT2D eigenvalue weighted by Crippen LogP contribution is -2.66. The second kappa shape index (κ2) is 4.39. The van der Waals surface area contributed by atoms with E-state index in [-0.39, 0.29) is 41.2 Å². The van der Waals surface area contributed by atoms with Crippen molar-refractivity contribution in [2.24, 2.45) is 34.0 Å². The van der Waals surface area contributed by atoms with Crippen LogP contribution in [-0.2, 0) is 4.74 Å². The normalized spacial score (nSPS) is 67.2. The molecule has 5 rings (SSSR count). The van der Waals surface area contributed by atoms with Crippen molar-refractivity contribution in [2.75, 3.05) is 6.61 Å². The number of epoxide rings is 1. The molecule has 4 saturated carbocycles. The lowest BCUT2D eigenvalue weighted by molar-refractivity contribution is -0.240. The number of aliphatic hydroxyl groups is 3. The SMILES string of the molecule is C[C@@]1(CO)[C@H]2C[C@H](O)[C@@]34C[C@@H](CC[C@H]3[C@]2(C)CC[C@H]1O)[C@]1(C)O[C@@H]14. The fourth-order valence-corrected chi connectivity index (χ4v) is 8.30. The van der Waals surface area contributed by atoms with Crippen molar-refractivity contribution in [3.05, 3.63) is 0 Å². The van der Waals surface area contributed by atoms with Crippen LogP contribution in [0, 0.1) is 34.0 Å². The van der Waals surface area contributed by atoms with E-state index in [1.165, 1.54) is 12.8 Å². The van der Waals surface area contributed by atoms with Gasteiger partial charge in [-0.05, 0) is 68.6 Å². The van der Waals surface area contributed by atoms with Crippen LogP contribution in [0.3, 0.4) is 0 Å². The van der Waals surface area contributed by atoms with Crippen molar-refractivity contribution >= 4 is 0 Å². The van der Waals surface area contributed by atoms with Crippen LogP contribution in [0.5, 0.6) is 0 Å². The van der Waals surface area contributed by atoms with E-state index in [9.17, 15) is 15.3 Å². The second-order valence-corrected chi connectivity index (χ2v) is 10.4. The molecule has 3 N–H and O–H groups in total. The molecule has 1 spiro atoms. The van der Waals surface area contributed by atoms with E-state index >= 15 is 0 Å². The molecule has 1 saturated heterocycles. The number of rotatable bonds is 1. The zero-order valence-electron chi connectivity index (χ0n) is 15.2. The molecule has 0 radical (unpaired) electrons. The second-order valence-electron chi connectivity index (χ2n) is 10.4. The van der Waals surface area contributed by atoms with Crippen molar-refractivity contribution in [1.29, 1.82) is 0 Å². The van der Waals surface area contributed by atoms with Crippen LogP contribution in [0.2, 0.25) is 0 Å². The molecule has 136 valence electrons. The van der Waals surface area contributed by atoms with Crippen LogP contribution >= 0.6 is 0 Å². The third-order valence-electron chi connectivity index (χ3n) is 9.71. The first-order chi connectivity index (χ1) is 11.2. The first-order valence-electron chi connectivity index (χ1n) is 9.88. The van der Waals surface area contributed by atoms with Crippen molar-refractivity contribution in [2.45, 2.75) is 83.2 Å². The summed E-state index contributed by atoms with van der Waals surface area (Å²) in [5, 5.41) is 32.1. The molecule has 4 aliphatic carbocycles. The molecule has 0 aromatic heterocycles. The van der Waals surface area contributed by atoms with E-state index in [2.05, 4.69) is 13.8 Å². The van der Waals surface area contributed by atoms with Crippen LogP contribution in [0.4, 0.5) is 0 Å². The summed E-state index contributed by atoms with van der Waals surface area (Å²) in [5.41, 5.74) is -0.494. The van der Waals surface area contributed by atoms with Crippen molar-refractivity contribution in [1.82, 2.24) is 0 Å². The zero-order valence-corrected chi connectivity index (χ0v) is 15.2. The van der Waals surface area contributed by atoms with Gasteiger partial charge in [0.1, 0.15) is 0 Å². The Morgan fingerprint density at radius 3 is 2.46 bits per heavy atom. The van der Waals surface area contributed by atoms with Crippen LogP contribution in [0.15, 0.2) is 0 Å². The Morgan fingerprint density at radius 2 is 1.75 bits per heavy atom. The molecular formula is C20H32O4. The highest BCUT2D eigenvalue weighted by Gasteiger charge is 2.81. The third kappa shape index (κ3) is 1.49. The highest BCUT2D eigenvalue weighted by molar-refractivity contribution is 5.29. The molecule has 0 aromatic rings. The Hall–Kier alpha value is -0.160. The Balaban J connectivity index is 1.61. The van der Waals surface area contributed by atoms with Gasteiger partial charge in [0.05, 0.1) is 30.5 Å². The van der Waals surface area contributed by atoms with Gasteiger partial charge in [0.25, 0.3) is 0 Å². The molecule has 10 atom stereocenters. The molecule has 4 nitrogen and oxygen atoms in total. The first kappa shape index (κ1) is 16.0. The predicted octanol–water partition coefficient (Wildman–Crippen LogP) is 2.10. The molecule has 0 unspecified atom stereocenters. The quantitative estimate of drug-likeness (QED) is 0.641. The summed E-state index contributed by atoms with van der Waals surface area (Å²) >= 11 is 0. The van der Waals surface area contributed by atoms with Gasteiger partial charge in [-0.15, -0.1) is 0 Å². The fraction of sp³-hybridized carbons (Fsp3) is 1.00. The summed E-state index contributed by atoms with van der Waals surface area (Å²) in [6.07, 6.45) is 5.33. The van der Waals surface area contributed by atoms with Gasteiger partial charge in [-0.25, -0.2) is 0 Å². The Labute approximate surface area is 144 Å². The number of aliphatic hydroxyl groups excluding tert-OH is 3. The minimum atomic E-state index is -0.501. The smallest absolute Gasteiger partial charge is 0.0957 e. The molecule has 24 heavy (non-hydrogen) atoms. The largest absolute Gasteiger partial charge is 0.396 e. The number of hydrogen-bond donors (Lipinski definition) is 3. The summed E-state index contributed by atoms with van der Waals surface area (Å²) in [6.45, 7) is 6.67. The summed E-state index contributed by atoms with van der Waals surface area (Å²) in [4.78, 5) is 0. The molecule has 1 heterocycles. The predicted molar refractivity (Wildman–Crippen MR) is 89.2 cm³/mol. The lowest BCUT2D eigenvalue weighted by atomic mass is 9.39. The van der Waals surface area contributed by atoms with Crippen LogP contribution in [-0.4, -0.2) is 45.8 Å². The molecule has 5 aliphatic rings. The van der Waals surface area contributed by atoms with E-state index in [1.54, 1.807) is 0 Å². The molecule has 1 aliphatic heterocycles. The van der Waals surface area contributed by atoms with E-state index in [0.717, 1.165) is 19.3 Å². The highest BCUT2D eigenvalue weighted by Crippen LogP contribution is 2.77. The van der Waals surface area contributed by atoms with Gasteiger partial charge in [0.2, 0.25) is 0 Å². The van der Waals surface area contributed by atoms with Crippen molar-refractivity contribution in [3.63, 3.8) is 0 Å². The van der Waals surface area contributed by atoms with Gasteiger partial charge in [-0.1, -0.05) is 13.8 Å². The van der Waals surface area contributed by atoms with Crippen LogP contribution in [0.1, 0.15) is 59.3 Å². The third-order valence-corrected chi connectivity index (χ3v) is 9.71. The van der Waals surface area contributed by atoms with Gasteiger partial charge in [-0.3, -0.25) is 0 Å². The number of hydrogen-bond acceptors (Lipinski definition) is 4. The van der Waals surface area contributed by atoms with Crippen LogP contribution in [0.25, 0.3) is 0 Å². The molecule has 2 bridgehead atoms. The Bertz CT molecular complexity index is 580. The highest BCUT2D eigenvalue weighted by atomic mass is 16.6. The van der Waals surface area contributed by atoms with E-state index < -0.39 is 11.5 Å². The summed E-state index contributed by atoms with van der Waals surface area (Å²) < 4.78 is 6.20. The maximum Gasteiger partial charge on any atom is 0.0957 e. The van der Waals surface area contributed by atoms with E-state index in [1.807, 2.05) is 6.92 Å². The monoisotopic (exact) mass is 336 g/mol. The summed E-state index contributed by atoms with van der Waals surface area (Å²) in [7, 11) is 0. The maximum atomic E-state index is 11.3. The standard InChI is InChI=1S/C20H32O4/c1-17-7-6-14(22)18(2,10-21)13(17)8-15(23)20-9-11(4-5-12(17)20)19(3)16(20)24-19/h11-16,21-23H,4-10H2,1-3H3/t11-,12+,13+,14-,15+,16+,17+,18-,19+,20-/m1/s1. The summed E-state index contributed by atoms with van der Waals surface area (Å²) in [6, 6.07) is 0. The number of ether oxygens (including phenoxy) is 1. The molecular weight excluding hydrogens is 304 g/mol. The lowest BCUT2D eigenvalue weighted by Gasteiger charge is -2.66. The van der Waals surface area contributed by atoms with E-state index in [0.29, 0.717) is 18.3 Å². The number of fused-ring (bicyclic) bond motifs is 5. The fourth-order valence-electron chi connectivity index (χ4n) is 8.30. The van der Waals surface area contributed by atoms with Gasteiger partial charge in [0.15, 0.2) is 0 Å². The van der Waals surface area contributed by atoms with Gasteiger partial charge in [-0.2, -0.15) is 0 Å². The van der Waals surface area contributed by atoms with Crippen LogP contribution < -0.4 is 0 Å². The average Bonchev–Trinajstić information content (AvgIpc) is 3.23. The van der Waals surface area contributed by atoms with Gasteiger partial charge >= 0.3 is 0 Å². The van der Waals surface area contributed by atoms with Crippen molar-refractivity contribution in [3.8, 4) is 0 Å². The minimum Gasteiger partial charge on any atom is -0.396 e. The topological polar surface area (TPSA) is 73.2 Å². The molecule has 0 amide bonds. The molecule has 4 heteroatoms. The molecule has 0 aromatic carbocycles. The van der Waals surface area contributed by atoms with Gasteiger partial charge < -0.3 is 20.1 Å². The van der Waals surface area contributed by atoms with Gasteiger partial charge in [0, 0.05) is 10.8 Å².